The van der Waals surface area contributed by atoms with Crippen molar-refractivity contribution in [1.82, 2.24) is 9.97 Å². The highest BCUT2D eigenvalue weighted by Gasteiger charge is 2.31. The number of non-ortho nitro benzene ring substituents is 1. The summed E-state index contributed by atoms with van der Waals surface area (Å²) in [5, 5.41) is 21.9. The Balaban J connectivity index is 2.16. The molecule has 3 rings (SSSR count). The number of nitro benzene ring substituents is 2. The van der Waals surface area contributed by atoms with E-state index in [0.29, 0.717) is 0 Å². The van der Waals surface area contributed by atoms with Crippen LogP contribution in [0.15, 0.2) is 36.4 Å². The lowest BCUT2D eigenvalue weighted by atomic mass is 10.1. The molecule has 2 aromatic carbocycles. The topological polar surface area (TPSA) is 115 Å². The number of nitro groups is 2. The number of fused-ring (bicyclic) bond motifs is 1. The number of hydrogen-bond acceptors (Lipinski definition) is 5. The van der Waals surface area contributed by atoms with Crippen LogP contribution in [0, 0.1) is 20.2 Å². The second kappa shape index (κ2) is 5.54. The van der Waals surface area contributed by atoms with Gasteiger partial charge in [0.1, 0.15) is 5.82 Å². The Hall–Kier alpha value is -3.50. The van der Waals surface area contributed by atoms with Gasteiger partial charge in [-0.25, -0.2) is 4.98 Å². The second-order valence-corrected chi connectivity index (χ2v) is 5.03. The molecule has 128 valence electrons. The van der Waals surface area contributed by atoms with Crippen molar-refractivity contribution in [2.45, 2.75) is 6.18 Å². The fourth-order valence-electron chi connectivity index (χ4n) is 2.30. The summed E-state index contributed by atoms with van der Waals surface area (Å²) in [6.07, 6.45) is -4.54. The second-order valence-electron chi connectivity index (χ2n) is 5.03. The molecule has 8 nitrogen and oxygen atoms in total. The van der Waals surface area contributed by atoms with Gasteiger partial charge < -0.3 is 4.98 Å². The number of imidazole rings is 1. The first-order chi connectivity index (χ1) is 11.7. The number of aromatic nitrogens is 2. The van der Waals surface area contributed by atoms with Crippen molar-refractivity contribution in [2.24, 2.45) is 0 Å². The third kappa shape index (κ3) is 2.98. The largest absolute Gasteiger partial charge is 0.416 e. The zero-order chi connectivity index (χ0) is 18.4. The molecule has 0 fully saturated rings. The smallest absolute Gasteiger partial charge is 0.338 e. The van der Waals surface area contributed by atoms with Gasteiger partial charge in [-0.15, -0.1) is 0 Å². The minimum Gasteiger partial charge on any atom is -0.338 e. The molecular weight excluding hydrogens is 345 g/mol. The summed E-state index contributed by atoms with van der Waals surface area (Å²) in [6.45, 7) is 0. The van der Waals surface area contributed by atoms with Crippen LogP contribution in [-0.4, -0.2) is 19.8 Å². The maximum Gasteiger partial charge on any atom is 0.416 e. The van der Waals surface area contributed by atoms with E-state index in [1.54, 1.807) is 0 Å². The van der Waals surface area contributed by atoms with Gasteiger partial charge >= 0.3 is 6.18 Å². The third-order valence-electron chi connectivity index (χ3n) is 3.45. The first-order valence-corrected chi connectivity index (χ1v) is 6.67. The van der Waals surface area contributed by atoms with Crippen molar-refractivity contribution in [3.63, 3.8) is 0 Å². The molecule has 3 aromatic rings. The van der Waals surface area contributed by atoms with Gasteiger partial charge in [0.05, 0.1) is 38.1 Å². The fourth-order valence-corrected chi connectivity index (χ4v) is 2.30. The molecule has 0 atom stereocenters. The highest BCUT2D eigenvalue weighted by Crippen LogP contribution is 2.34. The standard InChI is InChI=1S/C14H7F3N4O4/c15-14(16,17)7-1-4-10-11(5-7)19-13(18-10)9-3-2-8(20(22)23)6-12(9)21(24)25/h1-6H,(H,18,19). The predicted molar refractivity (Wildman–Crippen MR) is 79.8 cm³/mol. The van der Waals surface area contributed by atoms with Gasteiger partial charge in [0.15, 0.2) is 0 Å². The highest BCUT2D eigenvalue weighted by molar-refractivity contribution is 5.82. The van der Waals surface area contributed by atoms with Gasteiger partial charge in [0.2, 0.25) is 0 Å². The van der Waals surface area contributed by atoms with E-state index in [1.165, 1.54) is 0 Å². The van der Waals surface area contributed by atoms with Gasteiger partial charge in [-0.2, -0.15) is 13.2 Å². The molecule has 0 amide bonds. The lowest BCUT2D eigenvalue weighted by molar-refractivity contribution is -0.393. The summed E-state index contributed by atoms with van der Waals surface area (Å²) in [6, 6.07) is 5.76. The lowest BCUT2D eigenvalue weighted by Crippen LogP contribution is -2.04. The molecule has 0 aliphatic heterocycles. The van der Waals surface area contributed by atoms with E-state index >= 15 is 0 Å². The van der Waals surface area contributed by atoms with Crippen LogP contribution in [-0.2, 0) is 6.18 Å². The van der Waals surface area contributed by atoms with Crippen LogP contribution in [0.1, 0.15) is 5.56 Å². The third-order valence-corrected chi connectivity index (χ3v) is 3.45. The number of halogens is 3. The Morgan fingerprint density at radius 1 is 1.00 bits per heavy atom. The van der Waals surface area contributed by atoms with E-state index in [-0.39, 0.29) is 22.4 Å². The van der Waals surface area contributed by atoms with E-state index < -0.39 is 33.0 Å². The number of rotatable bonds is 3. The normalized spacial score (nSPS) is 11.6. The zero-order valence-corrected chi connectivity index (χ0v) is 12.1. The van der Waals surface area contributed by atoms with Crippen molar-refractivity contribution in [3.8, 4) is 11.4 Å². The summed E-state index contributed by atoms with van der Waals surface area (Å²) >= 11 is 0. The van der Waals surface area contributed by atoms with Gasteiger partial charge in [-0.05, 0) is 24.3 Å². The average molecular weight is 352 g/mol. The highest BCUT2D eigenvalue weighted by atomic mass is 19.4. The minimum absolute atomic E-state index is 0.0393. The number of nitrogens with zero attached hydrogens (tertiary/aromatic N) is 3. The first kappa shape index (κ1) is 16.4. The summed E-state index contributed by atoms with van der Waals surface area (Å²) in [7, 11) is 0. The van der Waals surface area contributed by atoms with E-state index in [0.717, 1.165) is 36.4 Å². The predicted octanol–water partition coefficient (Wildman–Crippen LogP) is 4.07. The number of hydrogen-bond donors (Lipinski definition) is 1. The molecule has 1 aromatic heterocycles. The summed E-state index contributed by atoms with van der Waals surface area (Å²) in [4.78, 5) is 26.9. The average Bonchev–Trinajstić information content (AvgIpc) is 2.96. The summed E-state index contributed by atoms with van der Waals surface area (Å²) in [5.74, 6) is -0.0593. The Bertz CT molecular complexity index is 1010. The van der Waals surface area contributed by atoms with Gasteiger partial charge in [0, 0.05) is 6.07 Å². The number of H-pyrrole nitrogens is 1. The molecule has 0 bridgehead atoms. The lowest BCUT2D eigenvalue weighted by Gasteiger charge is -2.05. The Morgan fingerprint density at radius 3 is 2.32 bits per heavy atom. The van der Waals surface area contributed by atoms with Crippen LogP contribution in [0.4, 0.5) is 24.5 Å². The maximum absolute atomic E-state index is 12.7. The van der Waals surface area contributed by atoms with E-state index in [9.17, 15) is 33.4 Å². The molecule has 1 heterocycles. The Labute approximate surface area is 136 Å². The molecule has 0 spiro atoms. The summed E-state index contributed by atoms with van der Waals surface area (Å²) in [5.41, 5.74) is -1.81. The van der Waals surface area contributed by atoms with Crippen molar-refractivity contribution in [2.75, 3.05) is 0 Å². The summed E-state index contributed by atoms with van der Waals surface area (Å²) < 4.78 is 38.2. The van der Waals surface area contributed by atoms with Gasteiger partial charge in [-0.3, -0.25) is 20.2 Å². The minimum atomic E-state index is -4.54. The molecule has 25 heavy (non-hydrogen) atoms. The SMILES string of the molecule is O=[N+]([O-])c1ccc(-c2nc3ccc(C(F)(F)F)cc3[nH]2)c([N+](=O)[O-])c1. The van der Waals surface area contributed by atoms with Crippen molar-refractivity contribution < 1.29 is 23.0 Å². The Kier molecular flexibility index (Phi) is 3.63. The van der Waals surface area contributed by atoms with Crippen LogP contribution in [0.3, 0.4) is 0 Å². The van der Waals surface area contributed by atoms with Crippen molar-refractivity contribution in [3.05, 3.63) is 62.2 Å². The molecular formula is C14H7F3N4O4. The fraction of sp³-hybridized carbons (Fsp3) is 0.0714. The van der Waals surface area contributed by atoms with Crippen LogP contribution >= 0.6 is 0 Å². The van der Waals surface area contributed by atoms with Crippen LogP contribution in [0.25, 0.3) is 22.4 Å². The van der Waals surface area contributed by atoms with Crippen molar-refractivity contribution in [1.29, 1.82) is 0 Å². The molecule has 0 radical (unpaired) electrons. The number of aromatic amines is 1. The molecule has 0 saturated carbocycles. The van der Waals surface area contributed by atoms with Crippen LogP contribution in [0.5, 0.6) is 0 Å². The molecule has 0 unspecified atom stereocenters. The zero-order valence-electron chi connectivity index (χ0n) is 12.1. The van der Waals surface area contributed by atoms with E-state index in [4.69, 9.17) is 0 Å². The monoisotopic (exact) mass is 352 g/mol. The molecule has 1 N–H and O–H groups in total. The van der Waals surface area contributed by atoms with Gasteiger partial charge in [0.25, 0.3) is 11.4 Å². The van der Waals surface area contributed by atoms with Crippen LogP contribution in [0.2, 0.25) is 0 Å². The molecule has 11 heteroatoms. The number of nitrogens with one attached hydrogen (secondary N) is 1. The van der Waals surface area contributed by atoms with Crippen molar-refractivity contribution >= 4 is 22.4 Å². The number of benzene rings is 2. The molecule has 0 saturated heterocycles. The van der Waals surface area contributed by atoms with E-state index in [1.807, 2.05) is 0 Å². The quantitative estimate of drug-likeness (QED) is 0.564. The van der Waals surface area contributed by atoms with Gasteiger partial charge in [-0.1, -0.05) is 0 Å². The molecule has 0 aliphatic carbocycles. The van der Waals surface area contributed by atoms with E-state index in [2.05, 4.69) is 9.97 Å². The van der Waals surface area contributed by atoms with Crippen LogP contribution < -0.4 is 0 Å². The maximum atomic E-state index is 12.7. The first-order valence-electron chi connectivity index (χ1n) is 6.67. The molecule has 0 aliphatic rings. The number of alkyl halides is 3. The Morgan fingerprint density at radius 2 is 1.72 bits per heavy atom.